The van der Waals surface area contributed by atoms with Crippen molar-refractivity contribution < 1.29 is 9.47 Å². The van der Waals surface area contributed by atoms with Crippen molar-refractivity contribution in [2.24, 2.45) is 0 Å². The lowest BCUT2D eigenvalue weighted by molar-refractivity contribution is 0.280. The number of nitrogens with one attached hydrogen (secondary N) is 1. The van der Waals surface area contributed by atoms with E-state index in [1.165, 1.54) is 3.57 Å². The molecule has 0 fully saturated rings. The molecule has 0 aliphatic carbocycles. The van der Waals surface area contributed by atoms with E-state index in [4.69, 9.17) is 9.47 Å². The van der Waals surface area contributed by atoms with Crippen molar-refractivity contribution in [2.75, 3.05) is 13.7 Å². The molecule has 0 unspecified atom stereocenters. The van der Waals surface area contributed by atoms with Crippen molar-refractivity contribution in [1.29, 1.82) is 0 Å². The fourth-order valence-corrected chi connectivity index (χ4v) is 2.38. The summed E-state index contributed by atoms with van der Waals surface area (Å²) in [5.41, 5.74) is 2.26. The van der Waals surface area contributed by atoms with Crippen molar-refractivity contribution >= 4 is 22.6 Å². The van der Waals surface area contributed by atoms with Crippen LogP contribution >= 0.6 is 22.6 Å². The van der Waals surface area contributed by atoms with Gasteiger partial charge < -0.3 is 14.8 Å². The van der Waals surface area contributed by atoms with Gasteiger partial charge in [0.15, 0.2) is 11.5 Å². The monoisotopic (exact) mass is 397 g/mol. The maximum atomic E-state index is 6.01. The number of hydrogen-bond acceptors (Lipinski definition) is 3. The van der Waals surface area contributed by atoms with Crippen LogP contribution in [0.5, 0.6) is 11.5 Å². The average Bonchev–Trinajstić information content (AvgIpc) is 2.52. The third-order valence-electron chi connectivity index (χ3n) is 3.14. The van der Waals surface area contributed by atoms with E-state index in [0.717, 1.165) is 35.7 Å². The molecule has 0 saturated carbocycles. The molecule has 0 bridgehead atoms. The quantitative estimate of drug-likeness (QED) is 0.717. The summed E-state index contributed by atoms with van der Waals surface area (Å²) in [4.78, 5) is 0. The molecule has 0 saturated heterocycles. The van der Waals surface area contributed by atoms with Crippen LogP contribution in [0.25, 0.3) is 0 Å². The predicted octanol–water partition coefficient (Wildman–Crippen LogP) is 3.99. The summed E-state index contributed by atoms with van der Waals surface area (Å²) in [5, 5.41) is 3.33. The van der Waals surface area contributed by atoms with Gasteiger partial charge in [0, 0.05) is 15.7 Å². The van der Waals surface area contributed by atoms with Gasteiger partial charge in [-0.2, -0.15) is 0 Å². The zero-order valence-corrected chi connectivity index (χ0v) is 14.5. The Morgan fingerprint density at radius 3 is 2.52 bits per heavy atom. The molecule has 2 aromatic carbocycles. The first-order valence-electron chi connectivity index (χ1n) is 6.98. The maximum absolute atomic E-state index is 6.01. The van der Waals surface area contributed by atoms with Crippen LogP contribution in [0.4, 0.5) is 0 Å². The summed E-state index contributed by atoms with van der Waals surface area (Å²) in [6.07, 6.45) is 0. The van der Waals surface area contributed by atoms with E-state index in [2.05, 4.69) is 65.2 Å². The van der Waals surface area contributed by atoms with Gasteiger partial charge in [0.05, 0.1) is 7.11 Å². The van der Waals surface area contributed by atoms with Crippen molar-refractivity contribution in [3.05, 3.63) is 57.2 Å². The van der Waals surface area contributed by atoms with Crippen LogP contribution in [0.2, 0.25) is 0 Å². The first-order chi connectivity index (χ1) is 10.2. The molecule has 0 aliphatic heterocycles. The molecule has 4 heteroatoms. The Morgan fingerprint density at radius 1 is 1.10 bits per heavy atom. The lowest BCUT2D eigenvalue weighted by Crippen LogP contribution is -2.13. The van der Waals surface area contributed by atoms with E-state index >= 15 is 0 Å². The topological polar surface area (TPSA) is 30.5 Å². The Bertz CT molecular complexity index is 570. The van der Waals surface area contributed by atoms with Gasteiger partial charge >= 0.3 is 0 Å². The van der Waals surface area contributed by atoms with Gasteiger partial charge in [-0.05, 0) is 52.9 Å². The van der Waals surface area contributed by atoms with Crippen molar-refractivity contribution in [1.82, 2.24) is 5.32 Å². The highest BCUT2D eigenvalue weighted by molar-refractivity contribution is 14.1. The Morgan fingerprint density at radius 2 is 1.86 bits per heavy atom. The minimum atomic E-state index is 0.538. The van der Waals surface area contributed by atoms with Gasteiger partial charge in [0.2, 0.25) is 0 Å². The fraction of sp³-hybridized carbons (Fsp3) is 0.294. The number of benzene rings is 2. The molecule has 0 spiro atoms. The molecular weight excluding hydrogens is 377 g/mol. The van der Waals surface area contributed by atoms with Crippen molar-refractivity contribution in [3.63, 3.8) is 0 Å². The minimum Gasteiger partial charge on any atom is -0.493 e. The summed E-state index contributed by atoms with van der Waals surface area (Å²) in [5.74, 6) is 1.59. The number of para-hydroxylation sites is 1. The molecule has 0 radical (unpaired) electrons. The summed E-state index contributed by atoms with van der Waals surface area (Å²) in [6, 6.07) is 14.3. The standard InChI is InChI=1S/C17H20INO2/c1-3-19-11-14-5-4-6-16(20-2)17(14)21-12-13-7-9-15(18)10-8-13/h4-10,19H,3,11-12H2,1-2H3. The second kappa shape index (κ2) is 8.24. The van der Waals surface area contributed by atoms with Gasteiger partial charge in [-0.25, -0.2) is 0 Å². The van der Waals surface area contributed by atoms with E-state index in [0.29, 0.717) is 6.61 Å². The van der Waals surface area contributed by atoms with E-state index < -0.39 is 0 Å². The molecule has 2 rings (SSSR count). The molecule has 1 N–H and O–H groups in total. The van der Waals surface area contributed by atoms with E-state index in [1.807, 2.05) is 12.1 Å². The van der Waals surface area contributed by atoms with E-state index in [-0.39, 0.29) is 0 Å². The Kier molecular flexibility index (Phi) is 6.32. The number of halogens is 1. The summed E-state index contributed by atoms with van der Waals surface area (Å²) in [7, 11) is 1.67. The molecule has 3 nitrogen and oxygen atoms in total. The Labute approximate surface area is 139 Å². The maximum Gasteiger partial charge on any atom is 0.166 e. The summed E-state index contributed by atoms with van der Waals surface area (Å²) >= 11 is 2.30. The highest BCUT2D eigenvalue weighted by Crippen LogP contribution is 2.31. The first kappa shape index (κ1) is 16.1. The average molecular weight is 397 g/mol. The number of hydrogen-bond donors (Lipinski definition) is 1. The molecule has 2 aromatic rings. The Hall–Kier alpha value is -1.27. The van der Waals surface area contributed by atoms with Gasteiger partial charge in [-0.3, -0.25) is 0 Å². The molecule has 0 aromatic heterocycles. The highest BCUT2D eigenvalue weighted by atomic mass is 127. The molecule has 0 amide bonds. The Balaban J connectivity index is 2.14. The van der Waals surface area contributed by atoms with Gasteiger partial charge in [0.25, 0.3) is 0 Å². The molecule has 0 aliphatic rings. The lowest BCUT2D eigenvalue weighted by Gasteiger charge is -2.15. The van der Waals surface area contributed by atoms with Crippen LogP contribution in [0.1, 0.15) is 18.1 Å². The van der Waals surface area contributed by atoms with Gasteiger partial charge in [-0.15, -0.1) is 0 Å². The van der Waals surface area contributed by atoms with Gasteiger partial charge in [0.1, 0.15) is 6.61 Å². The first-order valence-corrected chi connectivity index (χ1v) is 8.06. The van der Waals surface area contributed by atoms with Crippen LogP contribution in [0, 0.1) is 3.57 Å². The fourth-order valence-electron chi connectivity index (χ4n) is 2.02. The van der Waals surface area contributed by atoms with Crippen LogP contribution in [0.15, 0.2) is 42.5 Å². The van der Waals surface area contributed by atoms with Crippen molar-refractivity contribution in [2.45, 2.75) is 20.1 Å². The number of methoxy groups -OCH3 is 1. The predicted molar refractivity (Wildman–Crippen MR) is 93.9 cm³/mol. The normalized spacial score (nSPS) is 10.4. The van der Waals surface area contributed by atoms with Crippen LogP contribution in [0.3, 0.4) is 0 Å². The van der Waals surface area contributed by atoms with Crippen molar-refractivity contribution in [3.8, 4) is 11.5 Å². The zero-order chi connectivity index (χ0) is 15.1. The molecule has 0 atom stereocenters. The largest absolute Gasteiger partial charge is 0.493 e. The zero-order valence-electron chi connectivity index (χ0n) is 12.4. The molecule has 0 heterocycles. The van der Waals surface area contributed by atoms with E-state index in [9.17, 15) is 0 Å². The molecular formula is C17H20INO2. The van der Waals surface area contributed by atoms with Gasteiger partial charge in [-0.1, -0.05) is 31.2 Å². The highest BCUT2D eigenvalue weighted by Gasteiger charge is 2.10. The third-order valence-corrected chi connectivity index (χ3v) is 3.86. The second-order valence-corrected chi connectivity index (χ2v) is 5.89. The number of rotatable bonds is 7. The summed E-state index contributed by atoms with van der Waals surface area (Å²) in [6.45, 7) is 4.33. The second-order valence-electron chi connectivity index (χ2n) is 4.64. The minimum absolute atomic E-state index is 0.538. The lowest BCUT2D eigenvalue weighted by atomic mass is 10.1. The third kappa shape index (κ3) is 4.61. The molecule has 112 valence electrons. The summed E-state index contributed by atoms with van der Waals surface area (Å²) < 4.78 is 12.7. The SMILES string of the molecule is CCNCc1cccc(OC)c1OCc1ccc(I)cc1. The van der Waals surface area contributed by atoms with E-state index in [1.54, 1.807) is 7.11 Å². The molecule has 21 heavy (non-hydrogen) atoms. The number of ether oxygens (including phenoxy) is 2. The van der Waals surface area contributed by atoms with Crippen LogP contribution in [-0.4, -0.2) is 13.7 Å². The smallest absolute Gasteiger partial charge is 0.166 e. The van der Waals surface area contributed by atoms with Crippen LogP contribution in [-0.2, 0) is 13.2 Å². The van der Waals surface area contributed by atoms with Crippen LogP contribution < -0.4 is 14.8 Å².